The molecule has 1 aliphatic heterocycles. The van der Waals surface area contributed by atoms with Gasteiger partial charge in [0.2, 0.25) is 0 Å². The molecular formula is C10H13N3O2. The molecule has 0 atom stereocenters. The molecule has 1 fully saturated rings. The Balaban J connectivity index is 2.29. The highest BCUT2D eigenvalue weighted by Crippen LogP contribution is 2.19. The largest absolute Gasteiger partial charge is 0.478 e. The van der Waals surface area contributed by atoms with Crippen LogP contribution in [0.5, 0.6) is 0 Å². The summed E-state index contributed by atoms with van der Waals surface area (Å²) in [5.74, 6) is -0.920. The molecule has 0 spiro atoms. The van der Waals surface area contributed by atoms with Crippen LogP contribution in [0.25, 0.3) is 0 Å². The van der Waals surface area contributed by atoms with Crippen LogP contribution in [-0.4, -0.2) is 42.2 Å². The van der Waals surface area contributed by atoms with Gasteiger partial charge in [-0.3, -0.25) is 4.98 Å². The van der Waals surface area contributed by atoms with Gasteiger partial charge in [-0.15, -0.1) is 0 Å². The van der Waals surface area contributed by atoms with Crippen LogP contribution in [0.1, 0.15) is 10.4 Å². The number of nitrogens with zero attached hydrogens (tertiary/aromatic N) is 2. The van der Waals surface area contributed by atoms with Crippen LogP contribution in [0.15, 0.2) is 18.5 Å². The smallest absolute Gasteiger partial charge is 0.339 e. The molecule has 0 unspecified atom stereocenters. The Kier molecular flexibility index (Phi) is 2.82. The molecule has 5 nitrogen and oxygen atoms in total. The van der Waals surface area contributed by atoms with Gasteiger partial charge in [0.1, 0.15) is 5.56 Å². The molecule has 2 N–H and O–H groups in total. The van der Waals surface area contributed by atoms with E-state index in [2.05, 4.69) is 15.2 Å². The van der Waals surface area contributed by atoms with Crippen molar-refractivity contribution in [3.63, 3.8) is 0 Å². The third kappa shape index (κ3) is 2.07. The van der Waals surface area contributed by atoms with Gasteiger partial charge in [0.15, 0.2) is 0 Å². The summed E-state index contributed by atoms with van der Waals surface area (Å²) in [5.41, 5.74) is 1.04. The lowest BCUT2D eigenvalue weighted by molar-refractivity contribution is 0.0697. The number of nitrogens with one attached hydrogen (secondary N) is 1. The van der Waals surface area contributed by atoms with E-state index in [1.54, 1.807) is 12.3 Å². The molecule has 1 saturated heterocycles. The second-order valence-electron chi connectivity index (χ2n) is 3.44. The Morgan fingerprint density at radius 1 is 1.47 bits per heavy atom. The molecular weight excluding hydrogens is 194 g/mol. The van der Waals surface area contributed by atoms with Crippen LogP contribution in [0, 0.1) is 0 Å². The number of anilines is 1. The van der Waals surface area contributed by atoms with Crippen LogP contribution in [0.3, 0.4) is 0 Å². The highest BCUT2D eigenvalue weighted by molar-refractivity contribution is 5.94. The molecule has 0 aromatic carbocycles. The van der Waals surface area contributed by atoms with E-state index < -0.39 is 5.97 Å². The van der Waals surface area contributed by atoms with Crippen LogP contribution < -0.4 is 10.2 Å². The fraction of sp³-hybridized carbons (Fsp3) is 0.400. The Hall–Kier alpha value is -1.62. The number of hydrogen-bond acceptors (Lipinski definition) is 4. The molecule has 2 heterocycles. The lowest BCUT2D eigenvalue weighted by atomic mass is 10.2. The van der Waals surface area contributed by atoms with Crippen molar-refractivity contribution in [3.8, 4) is 0 Å². The maximum atomic E-state index is 11.0. The molecule has 80 valence electrons. The Morgan fingerprint density at radius 2 is 2.20 bits per heavy atom. The third-order valence-electron chi connectivity index (χ3n) is 2.49. The standard InChI is InChI=1S/C10H13N3O2/c14-10(15)8-7-12-2-1-9(8)13-5-3-11-4-6-13/h1-2,7,11H,3-6H2,(H,14,15). The van der Waals surface area contributed by atoms with Crippen molar-refractivity contribution in [2.45, 2.75) is 0 Å². The van der Waals surface area contributed by atoms with Gasteiger partial charge in [-0.2, -0.15) is 0 Å². The van der Waals surface area contributed by atoms with E-state index in [0.29, 0.717) is 0 Å². The van der Waals surface area contributed by atoms with Crippen LogP contribution in [-0.2, 0) is 0 Å². The number of pyridine rings is 1. The van der Waals surface area contributed by atoms with Crippen molar-refractivity contribution >= 4 is 11.7 Å². The topological polar surface area (TPSA) is 65.5 Å². The minimum atomic E-state index is -0.920. The van der Waals surface area contributed by atoms with Crippen molar-refractivity contribution in [2.75, 3.05) is 31.1 Å². The lowest BCUT2D eigenvalue weighted by Crippen LogP contribution is -2.44. The van der Waals surface area contributed by atoms with Gasteiger partial charge in [-0.05, 0) is 6.07 Å². The Labute approximate surface area is 87.7 Å². The molecule has 0 radical (unpaired) electrons. The van der Waals surface area contributed by atoms with E-state index in [9.17, 15) is 4.79 Å². The van der Waals surface area contributed by atoms with E-state index in [-0.39, 0.29) is 5.56 Å². The van der Waals surface area contributed by atoms with E-state index in [1.165, 1.54) is 6.20 Å². The van der Waals surface area contributed by atoms with Gasteiger partial charge in [0, 0.05) is 38.6 Å². The van der Waals surface area contributed by atoms with Crippen molar-refractivity contribution in [1.29, 1.82) is 0 Å². The normalized spacial score (nSPS) is 16.4. The molecule has 0 bridgehead atoms. The summed E-state index contributed by atoms with van der Waals surface area (Å²) < 4.78 is 0. The monoisotopic (exact) mass is 207 g/mol. The van der Waals surface area contributed by atoms with Gasteiger partial charge in [0.05, 0.1) is 5.69 Å². The predicted molar refractivity (Wildman–Crippen MR) is 56.3 cm³/mol. The van der Waals surface area contributed by atoms with Crippen molar-refractivity contribution in [2.24, 2.45) is 0 Å². The first-order valence-corrected chi connectivity index (χ1v) is 4.92. The molecule has 0 aliphatic carbocycles. The SMILES string of the molecule is O=C(O)c1cnccc1N1CCNCC1. The summed E-state index contributed by atoms with van der Waals surface area (Å²) in [6, 6.07) is 1.76. The van der Waals surface area contributed by atoms with E-state index >= 15 is 0 Å². The zero-order valence-electron chi connectivity index (χ0n) is 8.31. The molecule has 5 heteroatoms. The average Bonchev–Trinajstić information content (AvgIpc) is 2.30. The zero-order chi connectivity index (χ0) is 10.7. The minimum absolute atomic E-state index is 0.277. The third-order valence-corrected chi connectivity index (χ3v) is 2.49. The molecule has 1 aliphatic rings. The van der Waals surface area contributed by atoms with E-state index in [0.717, 1.165) is 31.9 Å². The Morgan fingerprint density at radius 3 is 2.87 bits per heavy atom. The number of piperazine rings is 1. The minimum Gasteiger partial charge on any atom is -0.478 e. The molecule has 0 amide bonds. The number of aromatic carboxylic acids is 1. The number of carboxylic acids is 1. The second kappa shape index (κ2) is 4.27. The summed E-state index contributed by atoms with van der Waals surface area (Å²) in [5, 5.41) is 12.2. The van der Waals surface area contributed by atoms with Gasteiger partial charge >= 0.3 is 5.97 Å². The summed E-state index contributed by atoms with van der Waals surface area (Å²) in [6.07, 6.45) is 3.03. The Bertz CT molecular complexity index is 361. The number of aromatic nitrogens is 1. The molecule has 2 rings (SSSR count). The van der Waals surface area contributed by atoms with E-state index in [1.807, 2.05) is 0 Å². The first kappa shape index (κ1) is 9.92. The summed E-state index contributed by atoms with van der Waals surface area (Å²) >= 11 is 0. The molecule has 1 aromatic rings. The highest BCUT2D eigenvalue weighted by Gasteiger charge is 2.17. The second-order valence-corrected chi connectivity index (χ2v) is 3.44. The van der Waals surface area contributed by atoms with Gasteiger partial charge in [0.25, 0.3) is 0 Å². The van der Waals surface area contributed by atoms with Crippen molar-refractivity contribution in [1.82, 2.24) is 10.3 Å². The summed E-state index contributed by atoms with van der Waals surface area (Å²) in [6.45, 7) is 3.46. The maximum absolute atomic E-state index is 11.0. The van der Waals surface area contributed by atoms with Crippen LogP contribution >= 0.6 is 0 Å². The van der Waals surface area contributed by atoms with Gasteiger partial charge in [-0.1, -0.05) is 0 Å². The van der Waals surface area contributed by atoms with Crippen molar-refractivity contribution in [3.05, 3.63) is 24.0 Å². The molecule has 15 heavy (non-hydrogen) atoms. The summed E-state index contributed by atoms with van der Waals surface area (Å²) in [7, 11) is 0. The number of carboxylic acid groups (broad SMARTS) is 1. The van der Waals surface area contributed by atoms with Crippen LogP contribution in [0.4, 0.5) is 5.69 Å². The highest BCUT2D eigenvalue weighted by atomic mass is 16.4. The predicted octanol–water partition coefficient (Wildman–Crippen LogP) is 0.189. The first-order valence-electron chi connectivity index (χ1n) is 4.92. The number of carbonyl (C=O) groups is 1. The van der Waals surface area contributed by atoms with Gasteiger partial charge in [-0.25, -0.2) is 4.79 Å². The van der Waals surface area contributed by atoms with Crippen molar-refractivity contribution < 1.29 is 9.90 Å². The van der Waals surface area contributed by atoms with Gasteiger partial charge < -0.3 is 15.3 Å². The van der Waals surface area contributed by atoms with E-state index in [4.69, 9.17) is 5.11 Å². The molecule has 0 saturated carbocycles. The summed E-state index contributed by atoms with van der Waals surface area (Å²) in [4.78, 5) is 16.9. The average molecular weight is 207 g/mol. The maximum Gasteiger partial charge on any atom is 0.339 e. The fourth-order valence-corrected chi connectivity index (χ4v) is 1.73. The quantitative estimate of drug-likeness (QED) is 0.724. The molecule has 1 aromatic heterocycles. The number of rotatable bonds is 2. The first-order chi connectivity index (χ1) is 7.29. The fourth-order valence-electron chi connectivity index (χ4n) is 1.73. The zero-order valence-corrected chi connectivity index (χ0v) is 8.31. The lowest BCUT2D eigenvalue weighted by Gasteiger charge is -2.30. The number of hydrogen-bond donors (Lipinski definition) is 2. The van der Waals surface area contributed by atoms with Crippen LogP contribution in [0.2, 0.25) is 0 Å².